The van der Waals surface area contributed by atoms with Gasteiger partial charge in [-0.2, -0.15) is 0 Å². The molecule has 2 bridgehead atoms. The number of carbonyl (C=O) groups is 2. The van der Waals surface area contributed by atoms with Crippen LogP contribution in [-0.4, -0.2) is 51.3 Å². The molecule has 0 aliphatic carbocycles. The summed E-state index contributed by atoms with van der Waals surface area (Å²) in [5.41, 5.74) is 1.55. The zero-order valence-electron chi connectivity index (χ0n) is 16.1. The van der Waals surface area contributed by atoms with Crippen molar-refractivity contribution in [3.8, 4) is 0 Å². The quantitative estimate of drug-likeness (QED) is 0.667. The van der Waals surface area contributed by atoms with Gasteiger partial charge in [-0.15, -0.1) is 11.3 Å². The second kappa shape index (κ2) is 6.29. The summed E-state index contributed by atoms with van der Waals surface area (Å²) >= 11 is 1.33. The molecule has 8 nitrogen and oxygen atoms in total. The number of hydrogen-bond donors (Lipinski definition) is 0. The second-order valence-corrected chi connectivity index (χ2v) is 10.5. The number of ether oxygens (including phenoxy) is 1. The van der Waals surface area contributed by atoms with Gasteiger partial charge in [0, 0.05) is 33.0 Å². The fraction of sp³-hybridized carbons (Fsp3) is 0.400. The highest BCUT2D eigenvalue weighted by atomic mass is 32.2. The molecule has 4 aliphatic rings. The highest BCUT2D eigenvalue weighted by Gasteiger charge is 2.72. The van der Waals surface area contributed by atoms with Crippen LogP contribution in [-0.2, 0) is 30.0 Å². The molecule has 7 atom stereocenters. The van der Waals surface area contributed by atoms with E-state index in [1.165, 1.54) is 16.2 Å². The number of amides is 2. The van der Waals surface area contributed by atoms with Crippen molar-refractivity contribution in [2.24, 2.45) is 22.9 Å². The number of imide groups is 1. The van der Waals surface area contributed by atoms with Crippen LogP contribution in [0.15, 0.2) is 40.5 Å². The van der Waals surface area contributed by atoms with Crippen LogP contribution in [0.25, 0.3) is 0 Å². The zero-order chi connectivity index (χ0) is 20.7. The van der Waals surface area contributed by atoms with Crippen molar-refractivity contribution in [2.75, 3.05) is 11.2 Å². The minimum atomic E-state index is -1.07. The van der Waals surface area contributed by atoms with Crippen LogP contribution in [0.2, 0.25) is 0 Å². The highest BCUT2D eigenvalue weighted by molar-refractivity contribution is 7.84. The van der Waals surface area contributed by atoms with Gasteiger partial charge in [-0.05, 0) is 24.6 Å². The predicted molar refractivity (Wildman–Crippen MR) is 109 cm³/mol. The average Bonchev–Trinajstić information content (AvgIpc) is 3.50. The minimum Gasteiger partial charge on any atom is -0.389 e. The first-order chi connectivity index (χ1) is 14.5. The molecule has 10 heteroatoms. The third-order valence-electron chi connectivity index (χ3n) is 6.32. The van der Waals surface area contributed by atoms with Gasteiger partial charge in [0.2, 0.25) is 11.8 Å². The lowest BCUT2D eigenvalue weighted by Crippen LogP contribution is -2.45. The van der Waals surface area contributed by atoms with Gasteiger partial charge in [-0.25, -0.2) is 9.88 Å². The van der Waals surface area contributed by atoms with Crippen LogP contribution in [0.3, 0.4) is 0 Å². The Labute approximate surface area is 178 Å². The third-order valence-corrected chi connectivity index (χ3v) is 8.16. The number of fused-ring (bicyclic) bond motifs is 8. The molecule has 5 heterocycles. The SMILES string of the molecule is Cc1cnc(N2C(=O)[C@@H]3[C@@H]4O[C@@H]([C@H]5C(c6ccc(S(C)=O)cc6)=NO[C@@H]45)[C@@H]3C2=O)s1. The van der Waals surface area contributed by atoms with Gasteiger partial charge < -0.3 is 9.57 Å². The number of thiazole rings is 1. The van der Waals surface area contributed by atoms with Gasteiger partial charge in [-0.1, -0.05) is 17.3 Å². The molecule has 1 unspecified atom stereocenters. The first-order valence-corrected chi connectivity index (χ1v) is 12.0. The molecule has 4 aliphatic heterocycles. The lowest BCUT2D eigenvalue weighted by atomic mass is 9.71. The van der Waals surface area contributed by atoms with E-state index in [0.29, 0.717) is 10.8 Å². The Morgan fingerprint density at radius 2 is 1.73 bits per heavy atom. The van der Waals surface area contributed by atoms with Crippen molar-refractivity contribution in [3.63, 3.8) is 0 Å². The van der Waals surface area contributed by atoms with Crippen molar-refractivity contribution in [3.05, 3.63) is 40.9 Å². The van der Waals surface area contributed by atoms with Gasteiger partial charge in [0.1, 0.15) is 6.10 Å². The number of benzene rings is 1. The smallest absolute Gasteiger partial charge is 0.242 e. The Bertz CT molecular complexity index is 1140. The van der Waals surface area contributed by atoms with Crippen molar-refractivity contribution < 1.29 is 23.4 Å². The van der Waals surface area contributed by atoms with Crippen LogP contribution in [0.4, 0.5) is 5.13 Å². The molecule has 3 saturated heterocycles. The van der Waals surface area contributed by atoms with Crippen LogP contribution < -0.4 is 4.90 Å². The van der Waals surface area contributed by atoms with E-state index in [9.17, 15) is 13.8 Å². The molecule has 0 saturated carbocycles. The molecule has 2 amide bonds. The van der Waals surface area contributed by atoms with E-state index >= 15 is 0 Å². The van der Waals surface area contributed by atoms with E-state index in [1.807, 2.05) is 19.1 Å². The molecular formula is C20H17N3O5S2. The normalized spacial score (nSPS) is 34.7. The lowest BCUT2D eigenvalue weighted by molar-refractivity contribution is -0.125. The van der Waals surface area contributed by atoms with Crippen LogP contribution >= 0.6 is 11.3 Å². The summed E-state index contributed by atoms with van der Waals surface area (Å²) < 4.78 is 17.8. The minimum absolute atomic E-state index is 0.219. The van der Waals surface area contributed by atoms with Gasteiger partial charge in [-0.3, -0.25) is 13.8 Å². The maximum atomic E-state index is 13.2. The summed E-state index contributed by atoms with van der Waals surface area (Å²) in [4.78, 5) is 39.2. The molecule has 1 aromatic carbocycles. The molecule has 0 spiro atoms. The summed E-state index contributed by atoms with van der Waals surface area (Å²) in [7, 11) is -1.07. The largest absolute Gasteiger partial charge is 0.389 e. The molecule has 1 aromatic heterocycles. The van der Waals surface area contributed by atoms with Gasteiger partial charge in [0.25, 0.3) is 0 Å². The standard InChI is InChI=1S/C20H17N3O5S2/c1-8-7-21-20(29-8)23-18(24)11-12(19(23)25)16-17-13(15(11)27-16)14(22-28-17)9-3-5-10(6-4-9)30(2)26/h3-7,11-13,15-17H,1-2H3/t11-,12+,13-,15-,16+,17-,30?/m1/s1. The molecule has 30 heavy (non-hydrogen) atoms. The summed E-state index contributed by atoms with van der Waals surface area (Å²) in [6.45, 7) is 1.89. The molecule has 0 radical (unpaired) electrons. The fourth-order valence-electron chi connectivity index (χ4n) is 5.05. The van der Waals surface area contributed by atoms with Crippen LogP contribution in [0.1, 0.15) is 10.4 Å². The third kappa shape index (κ3) is 2.32. The molecule has 3 fully saturated rings. The van der Waals surface area contributed by atoms with Crippen LogP contribution in [0, 0.1) is 24.7 Å². The Morgan fingerprint density at radius 1 is 1.03 bits per heavy atom. The Morgan fingerprint density at radius 3 is 2.37 bits per heavy atom. The van der Waals surface area contributed by atoms with E-state index in [2.05, 4.69) is 10.1 Å². The van der Waals surface area contributed by atoms with E-state index in [0.717, 1.165) is 15.3 Å². The number of aryl methyl sites for hydroxylation is 1. The maximum absolute atomic E-state index is 13.2. The molecule has 0 N–H and O–H groups in total. The summed E-state index contributed by atoms with van der Waals surface area (Å²) in [5, 5.41) is 4.69. The highest BCUT2D eigenvalue weighted by Crippen LogP contribution is 2.55. The maximum Gasteiger partial charge on any atom is 0.242 e. The monoisotopic (exact) mass is 443 g/mol. The number of rotatable bonds is 3. The lowest BCUT2D eigenvalue weighted by Gasteiger charge is -2.26. The van der Waals surface area contributed by atoms with Crippen molar-refractivity contribution in [1.29, 1.82) is 0 Å². The summed E-state index contributed by atoms with van der Waals surface area (Å²) in [6.07, 6.45) is 1.93. The Hall–Kier alpha value is -2.43. The zero-order valence-corrected chi connectivity index (χ0v) is 17.7. The number of hydrogen-bond acceptors (Lipinski definition) is 8. The predicted octanol–water partition coefficient (Wildman–Crippen LogP) is 1.49. The van der Waals surface area contributed by atoms with Gasteiger partial charge in [0.15, 0.2) is 11.2 Å². The van der Waals surface area contributed by atoms with Crippen LogP contribution in [0.5, 0.6) is 0 Å². The van der Waals surface area contributed by atoms with Crippen molar-refractivity contribution in [2.45, 2.75) is 30.1 Å². The number of carbonyl (C=O) groups excluding carboxylic acids is 2. The number of oxime groups is 1. The summed E-state index contributed by atoms with van der Waals surface area (Å²) in [5.74, 6) is -1.86. The number of aromatic nitrogens is 1. The van der Waals surface area contributed by atoms with E-state index < -0.39 is 34.8 Å². The second-order valence-electron chi connectivity index (χ2n) is 7.93. The number of anilines is 1. The molecule has 154 valence electrons. The number of nitrogens with zero attached hydrogens (tertiary/aromatic N) is 3. The van der Waals surface area contributed by atoms with E-state index in [4.69, 9.17) is 9.57 Å². The van der Waals surface area contributed by atoms with E-state index in [-0.39, 0.29) is 23.8 Å². The topological polar surface area (TPSA) is 98.2 Å². The van der Waals surface area contributed by atoms with Crippen molar-refractivity contribution >= 4 is 44.8 Å². The molecular weight excluding hydrogens is 426 g/mol. The van der Waals surface area contributed by atoms with Gasteiger partial charge >= 0.3 is 0 Å². The first-order valence-electron chi connectivity index (χ1n) is 9.59. The summed E-state index contributed by atoms with van der Waals surface area (Å²) in [6, 6.07) is 7.32. The molecule has 2 aromatic rings. The van der Waals surface area contributed by atoms with Crippen molar-refractivity contribution in [1.82, 2.24) is 4.98 Å². The Balaban J connectivity index is 1.33. The molecule has 6 rings (SSSR count). The first kappa shape index (κ1) is 18.3. The average molecular weight is 444 g/mol. The van der Waals surface area contributed by atoms with E-state index in [1.54, 1.807) is 24.6 Å². The fourth-order valence-corrected chi connectivity index (χ4v) is 6.34. The van der Waals surface area contributed by atoms with Gasteiger partial charge in [0.05, 0.1) is 29.6 Å². The Kier molecular flexibility index (Phi) is 3.84.